The summed E-state index contributed by atoms with van der Waals surface area (Å²) >= 11 is 0. The normalized spacial score (nSPS) is 27.4. The van der Waals surface area contributed by atoms with Gasteiger partial charge in [-0.1, -0.05) is 0 Å². The number of rotatable bonds is 1. The summed E-state index contributed by atoms with van der Waals surface area (Å²) in [5.74, 6) is 1.14. The molecule has 1 amide bonds. The molecule has 1 aliphatic carbocycles. The number of amides is 1. The van der Waals surface area contributed by atoms with E-state index in [1.165, 1.54) is 0 Å². The summed E-state index contributed by atoms with van der Waals surface area (Å²) in [5, 5.41) is 8.66. The summed E-state index contributed by atoms with van der Waals surface area (Å²) < 4.78 is 0. The van der Waals surface area contributed by atoms with E-state index in [9.17, 15) is 4.79 Å². The van der Waals surface area contributed by atoms with E-state index in [4.69, 9.17) is 5.26 Å². The lowest BCUT2D eigenvalue weighted by Gasteiger charge is -2.17. The first-order valence-corrected chi connectivity index (χ1v) is 5.11. The first-order valence-electron chi connectivity index (χ1n) is 5.11. The van der Waals surface area contributed by atoms with Crippen LogP contribution < -0.4 is 4.90 Å². The van der Waals surface area contributed by atoms with E-state index in [2.05, 4.69) is 6.07 Å². The summed E-state index contributed by atoms with van der Waals surface area (Å²) in [6, 6.07) is 9.28. The van der Waals surface area contributed by atoms with E-state index in [1.807, 2.05) is 17.0 Å². The highest BCUT2D eigenvalue weighted by Gasteiger charge is 2.52. The zero-order chi connectivity index (χ0) is 10.4. The number of anilines is 1. The van der Waals surface area contributed by atoms with Gasteiger partial charge in [0.15, 0.2) is 0 Å². The number of fused-ring (bicyclic) bond motifs is 1. The van der Waals surface area contributed by atoms with Crippen molar-refractivity contribution in [1.29, 1.82) is 5.26 Å². The van der Waals surface area contributed by atoms with Gasteiger partial charge in [-0.2, -0.15) is 5.26 Å². The molecule has 3 rings (SSSR count). The maximum atomic E-state index is 11.8. The molecule has 0 bridgehead atoms. The first-order chi connectivity index (χ1) is 7.29. The quantitative estimate of drug-likeness (QED) is 0.687. The fraction of sp³-hybridized carbons (Fsp3) is 0.333. The highest BCUT2D eigenvalue weighted by molar-refractivity contribution is 5.99. The molecule has 2 unspecified atom stereocenters. The van der Waals surface area contributed by atoms with Crippen molar-refractivity contribution in [3.63, 3.8) is 0 Å². The Hall–Kier alpha value is -1.82. The predicted octanol–water partition coefficient (Wildman–Crippen LogP) is 1.54. The molecule has 2 fully saturated rings. The van der Waals surface area contributed by atoms with Crippen LogP contribution in [-0.4, -0.2) is 12.5 Å². The van der Waals surface area contributed by atoms with Crippen molar-refractivity contribution in [2.45, 2.75) is 6.42 Å². The van der Waals surface area contributed by atoms with E-state index in [0.717, 1.165) is 18.7 Å². The topological polar surface area (TPSA) is 44.1 Å². The van der Waals surface area contributed by atoms with Gasteiger partial charge in [0.25, 0.3) is 0 Å². The highest BCUT2D eigenvalue weighted by Crippen LogP contribution is 2.47. The first kappa shape index (κ1) is 8.49. The van der Waals surface area contributed by atoms with Crippen molar-refractivity contribution in [1.82, 2.24) is 0 Å². The van der Waals surface area contributed by atoms with Gasteiger partial charge in [0.05, 0.1) is 11.6 Å². The van der Waals surface area contributed by atoms with Gasteiger partial charge in [0, 0.05) is 18.2 Å². The van der Waals surface area contributed by atoms with Gasteiger partial charge >= 0.3 is 0 Å². The molecule has 1 saturated carbocycles. The molecule has 15 heavy (non-hydrogen) atoms. The van der Waals surface area contributed by atoms with E-state index in [1.54, 1.807) is 12.1 Å². The average molecular weight is 198 g/mol. The lowest BCUT2D eigenvalue weighted by Crippen LogP contribution is -2.27. The van der Waals surface area contributed by atoms with Crippen LogP contribution in [0.5, 0.6) is 0 Å². The number of nitriles is 1. The summed E-state index contributed by atoms with van der Waals surface area (Å²) in [6.45, 7) is 0.857. The van der Waals surface area contributed by atoms with Gasteiger partial charge in [0.2, 0.25) is 5.91 Å². The molecule has 74 valence electrons. The number of carbonyl (C=O) groups excluding carboxylic acids is 1. The smallest absolute Gasteiger partial charge is 0.230 e. The van der Waals surface area contributed by atoms with Gasteiger partial charge in [-0.3, -0.25) is 4.79 Å². The third-order valence-corrected chi connectivity index (χ3v) is 3.23. The molecule has 1 aromatic carbocycles. The van der Waals surface area contributed by atoms with Crippen LogP contribution in [0, 0.1) is 23.2 Å². The lowest BCUT2D eigenvalue weighted by atomic mass is 10.2. The molecule has 0 aromatic heterocycles. The minimum Gasteiger partial charge on any atom is -0.312 e. The standard InChI is InChI=1S/C12H10N2O/c13-6-8-1-3-10(4-2-8)14-7-9-5-11(9)12(14)15/h1-4,9,11H,5,7H2. The number of benzene rings is 1. The molecule has 1 aliphatic heterocycles. The van der Waals surface area contributed by atoms with Crippen molar-refractivity contribution >= 4 is 11.6 Å². The number of nitrogens with zero attached hydrogens (tertiary/aromatic N) is 2. The maximum absolute atomic E-state index is 11.8. The van der Waals surface area contributed by atoms with Crippen molar-refractivity contribution in [2.24, 2.45) is 11.8 Å². The fourth-order valence-electron chi connectivity index (χ4n) is 2.23. The second kappa shape index (κ2) is 2.83. The van der Waals surface area contributed by atoms with Crippen LogP contribution in [0.1, 0.15) is 12.0 Å². The average Bonchev–Trinajstić information content (AvgIpc) is 2.98. The second-order valence-corrected chi connectivity index (χ2v) is 4.21. The van der Waals surface area contributed by atoms with E-state index in [-0.39, 0.29) is 5.91 Å². The largest absolute Gasteiger partial charge is 0.312 e. The Labute approximate surface area is 87.9 Å². The van der Waals surface area contributed by atoms with Crippen LogP contribution in [0.3, 0.4) is 0 Å². The zero-order valence-corrected chi connectivity index (χ0v) is 8.18. The van der Waals surface area contributed by atoms with Crippen molar-refractivity contribution in [3.8, 4) is 6.07 Å². The number of piperidine rings is 1. The number of hydrogen-bond acceptors (Lipinski definition) is 2. The Morgan fingerprint density at radius 1 is 1.33 bits per heavy atom. The minimum atomic E-state index is 0.254. The molecule has 3 nitrogen and oxygen atoms in total. The Morgan fingerprint density at radius 3 is 2.60 bits per heavy atom. The highest BCUT2D eigenvalue weighted by atomic mass is 16.2. The van der Waals surface area contributed by atoms with Crippen LogP contribution in [0.25, 0.3) is 0 Å². The molecule has 2 aliphatic rings. The van der Waals surface area contributed by atoms with Crippen LogP contribution in [0.2, 0.25) is 0 Å². The van der Waals surface area contributed by atoms with Crippen molar-refractivity contribution < 1.29 is 4.79 Å². The third kappa shape index (κ3) is 1.22. The minimum absolute atomic E-state index is 0.254. The number of hydrogen-bond donors (Lipinski definition) is 0. The van der Waals surface area contributed by atoms with E-state index in [0.29, 0.717) is 17.4 Å². The molecular formula is C12H10N2O. The molecule has 1 aromatic rings. The Kier molecular flexibility index (Phi) is 1.60. The van der Waals surface area contributed by atoms with Gasteiger partial charge in [0.1, 0.15) is 0 Å². The fourth-order valence-corrected chi connectivity index (χ4v) is 2.23. The lowest BCUT2D eigenvalue weighted by molar-refractivity contribution is -0.118. The van der Waals surface area contributed by atoms with Gasteiger partial charge in [-0.15, -0.1) is 0 Å². The summed E-state index contributed by atoms with van der Waals surface area (Å²) in [7, 11) is 0. The molecule has 0 radical (unpaired) electrons. The molecule has 0 N–H and O–H groups in total. The Morgan fingerprint density at radius 2 is 2.07 bits per heavy atom. The SMILES string of the molecule is N#Cc1ccc(N2CC3CC3C2=O)cc1. The maximum Gasteiger partial charge on any atom is 0.230 e. The molecular weight excluding hydrogens is 188 g/mol. The van der Waals surface area contributed by atoms with Gasteiger partial charge in [-0.05, 0) is 36.6 Å². The Balaban J connectivity index is 1.88. The molecule has 1 heterocycles. The molecule has 1 saturated heterocycles. The van der Waals surface area contributed by atoms with Gasteiger partial charge in [-0.25, -0.2) is 0 Å². The van der Waals surface area contributed by atoms with Crippen LogP contribution in [0.4, 0.5) is 5.69 Å². The van der Waals surface area contributed by atoms with E-state index < -0.39 is 0 Å². The summed E-state index contributed by atoms with van der Waals surface area (Å²) in [6.07, 6.45) is 1.08. The van der Waals surface area contributed by atoms with Gasteiger partial charge < -0.3 is 4.90 Å². The summed E-state index contributed by atoms with van der Waals surface area (Å²) in [4.78, 5) is 13.6. The van der Waals surface area contributed by atoms with Crippen molar-refractivity contribution in [3.05, 3.63) is 29.8 Å². The van der Waals surface area contributed by atoms with Crippen LogP contribution in [0.15, 0.2) is 24.3 Å². The zero-order valence-electron chi connectivity index (χ0n) is 8.18. The molecule has 3 heteroatoms. The second-order valence-electron chi connectivity index (χ2n) is 4.21. The van der Waals surface area contributed by atoms with Crippen LogP contribution >= 0.6 is 0 Å². The molecule has 2 atom stereocenters. The van der Waals surface area contributed by atoms with Crippen molar-refractivity contribution in [2.75, 3.05) is 11.4 Å². The number of carbonyl (C=O) groups is 1. The van der Waals surface area contributed by atoms with E-state index >= 15 is 0 Å². The van der Waals surface area contributed by atoms with Crippen LogP contribution in [-0.2, 0) is 4.79 Å². The third-order valence-electron chi connectivity index (χ3n) is 3.23. The molecule has 0 spiro atoms. The monoisotopic (exact) mass is 198 g/mol. The predicted molar refractivity (Wildman–Crippen MR) is 55.1 cm³/mol. The Bertz CT molecular complexity index is 458. The summed E-state index contributed by atoms with van der Waals surface area (Å²) in [5.41, 5.74) is 1.56.